The van der Waals surface area contributed by atoms with E-state index in [2.05, 4.69) is 0 Å². The van der Waals surface area contributed by atoms with Crippen molar-refractivity contribution in [1.29, 1.82) is 0 Å². The SMILES string of the molecule is C/C(=C\COc1cccc([N+](=O)[O-])c1)CCC=C(Cl)Cl. The van der Waals surface area contributed by atoms with Gasteiger partial charge < -0.3 is 4.74 Å². The van der Waals surface area contributed by atoms with E-state index in [1.54, 1.807) is 18.2 Å². The smallest absolute Gasteiger partial charge is 0.273 e. The van der Waals surface area contributed by atoms with Gasteiger partial charge in [0.15, 0.2) is 0 Å². The van der Waals surface area contributed by atoms with Crippen molar-refractivity contribution in [3.8, 4) is 5.75 Å². The number of rotatable bonds is 7. The molecule has 0 N–H and O–H groups in total. The Balaban J connectivity index is 2.45. The Hall–Kier alpha value is -1.52. The van der Waals surface area contributed by atoms with E-state index in [0.29, 0.717) is 12.4 Å². The van der Waals surface area contributed by atoms with E-state index in [0.717, 1.165) is 18.4 Å². The molecule has 0 aliphatic carbocycles. The number of nitro benzene ring substituents is 1. The van der Waals surface area contributed by atoms with Crippen LogP contribution in [0.4, 0.5) is 5.69 Å². The molecular weight excluding hydrogens is 301 g/mol. The summed E-state index contributed by atoms with van der Waals surface area (Å²) in [6.07, 6.45) is 5.26. The number of allylic oxidation sites excluding steroid dienone is 2. The van der Waals surface area contributed by atoms with Gasteiger partial charge in [-0.05, 0) is 31.9 Å². The maximum absolute atomic E-state index is 10.6. The normalized spacial score (nSPS) is 11.1. The lowest BCUT2D eigenvalue weighted by Gasteiger charge is -2.04. The van der Waals surface area contributed by atoms with Crippen molar-refractivity contribution in [2.24, 2.45) is 0 Å². The van der Waals surface area contributed by atoms with Crippen LogP contribution in [-0.2, 0) is 0 Å². The third kappa shape index (κ3) is 6.59. The van der Waals surface area contributed by atoms with Crippen molar-refractivity contribution in [3.05, 3.63) is 56.6 Å². The standard InChI is InChI=1S/C14H15Cl2NO3/c1-11(4-2-7-14(15)16)8-9-20-13-6-3-5-12(10-13)17(18)19/h3,5-8,10H,2,4,9H2,1H3/b11-8+. The minimum atomic E-state index is -0.448. The van der Waals surface area contributed by atoms with Crippen LogP contribution in [0.15, 0.2) is 46.5 Å². The molecule has 20 heavy (non-hydrogen) atoms. The Morgan fingerprint density at radius 2 is 2.15 bits per heavy atom. The number of hydrogen-bond acceptors (Lipinski definition) is 3. The second kappa shape index (κ2) is 8.61. The lowest BCUT2D eigenvalue weighted by atomic mass is 10.1. The average Bonchev–Trinajstić information content (AvgIpc) is 2.38. The van der Waals surface area contributed by atoms with Crippen LogP contribution in [0.1, 0.15) is 19.8 Å². The fourth-order valence-corrected chi connectivity index (χ4v) is 1.70. The van der Waals surface area contributed by atoms with Gasteiger partial charge in [0.2, 0.25) is 0 Å². The average molecular weight is 316 g/mol. The highest BCUT2D eigenvalue weighted by atomic mass is 35.5. The third-order valence-electron chi connectivity index (χ3n) is 2.55. The van der Waals surface area contributed by atoms with E-state index in [4.69, 9.17) is 27.9 Å². The van der Waals surface area contributed by atoms with Crippen LogP contribution in [-0.4, -0.2) is 11.5 Å². The molecule has 0 bridgehead atoms. The van der Waals surface area contributed by atoms with Gasteiger partial charge in [-0.15, -0.1) is 0 Å². The number of halogens is 2. The molecule has 6 heteroatoms. The number of non-ortho nitro benzene ring substituents is 1. The molecule has 4 nitrogen and oxygen atoms in total. The van der Waals surface area contributed by atoms with Crippen molar-refractivity contribution < 1.29 is 9.66 Å². The zero-order valence-corrected chi connectivity index (χ0v) is 12.5. The number of nitrogens with zero attached hydrogens (tertiary/aromatic N) is 1. The maximum atomic E-state index is 10.6. The number of hydrogen-bond donors (Lipinski definition) is 0. The molecule has 1 aromatic rings. The second-order valence-electron chi connectivity index (χ2n) is 4.15. The summed E-state index contributed by atoms with van der Waals surface area (Å²) in [5.74, 6) is 0.479. The monoisotopic (exact) mass is 315 g/mol. The predicted molar refractivity (Wildman–Crippen MR) is 81.4 cm³/mol. The molecule has 0 aromatic heterocycles. The van der Waals surface area contributed by atoms with Crippen molar-refractivity contribution >= 4 is 28.9 Å². The Morgan fingerprint density at radius 1 is 1.40 bits per heavy atom. The van der Waals surface area contributed by atoms with Crippen molar-refractivity contribution in [2.75, 3.05) is 6.61 Å². The van der Waals surface area contributed by atoms with Crippen molar-refractivity contribution in [1.82, 2.24) is 0 Å². The summed E-state index contributed by atoms with van der Waals surface area (Å²) >= 11 is 11.0. The molecule has 0 amide bonds. The lowest BCUT2D eigenvalue weighted by Crippen LogP contribution is -1.96. The van der Waals surface area contributed by atoms with Gasteiger partial charge >= 0.3 is 0 Å². The summed E-state index contributed by atoms with van der Waals surface area (Å²) < 4.78 is 5.72. The van der Waals surface area contributed by atoms with E-state index in [-0.39, 0.29) is 10.2 Å². The molecule has 0 radical (unpaired) electrons. The van der Waals surface area contributed by atoms with Crippen LogP contribution < -0.4 is 4.74 Å². The highest BCUT2D eigenvalue weighted by Gasteiger charge is 2.05. The Morgan fingerprint density at radius 3 is 2.80 bits per heavy atom. The number of ether oxygens (including phenoxy) is 1. The van der Waals surface area contributed by atoms with E-state index < -0.39 is 4.92 Å². The van der Waals surface area contributed by atoms with Crippen molar-refractivity contribution in [3.63, 3.8) is 0 Å². The Labute approximate surface area is 127 Å². The van der Waals surface area contributed by atoms with Gasteiger partial charge in [0.1, 0.15) is 16.8 Å². The summed E-state index contributed by atoms with van der Waals surface area (Å²) in [6, 6.07) is 6.11. The summed E-state index contributed by atoms with van der Waals surface area (Å²) in [5, 5.41) is 10.6. The second-order valence-corrected chi connectivity index (χ2v) is 5.16. The topological polar surface area (TPSA) is 52.4 Å². The summed E-state index contributed by atoms with van der Waals surface area (Å²) in [4.78, 5) is 10.2. The summed E-state index contributed by atoms with van der Waals surface area (Å²) in [5.41, 5.74) is 1.16. The highest BCUT2D eigenvalue weighted by molar-refractivity contribution is 6.55. The van der Waals surface area contributed by atoms with Crippen LogP contribution in [0.5, 0.6) is 5.75 Å². The molecule has 0 saturated carbocycles. The molecule has 0 unspecified atom stereocenters. The maximum Gasteiger partial charge on any atom is 0.273 e. The molecule has 0 saturated heterocycles. The minimum absolute atomic E-state index is 0.0186. The minimum Gasteiger partial charge on any atom is -0.489 e. The largest absolute Gasteiger partial charge is 0.489 e. The van der Waals surface area contributed by atoms with Crippen LogP contribution in [0, 0.1) is 10.1 Å². The first-order valence-corrected chi connectivity index (χ1v) is 6.78. The first-order chi connectivity index (χ1) is 9.49. The zero-order chi connectivity index (χ0) is 15.0. The Kier molecular flexibility index (Phi) is 7.12. The van der Waals surface area contributed by atoms with Crippen LogP contribution >= 0.6 is 23.2 Å². The van der Waals surface area contributed by atoms with Crippen LogP contribution in [0.3, 0.4) is 0 Å². The predicted octanol–water partition coefficient (Wildman–Crippen LogP) is 5.02. The molecule has 108 valence electrons. The zero-order valence-electron chi connectivity index (χ0n) is 11.0. The first-order valence-electron chi connectivity index (χ1n) is 6.03. The fourth-order valence-electron chi connectivity index (χ4n) is 1.48. The molecular formula is C14H15Cl2NO3. The Bertz CT molecular complexity index is 523. The third-order valence-corrected chi connectivity index (χ3v) is 2.86. The van der Waals surface area contributed by atoms with E-state index in [1.165, 1.54) is 12.1 Å². The molecule has 0 spiro atoms. The lowest BCUT2D eigenvalue weighted by molar-refractivity contribution is -0.384. The highest BCUT2D eigenvalue weighted by Crippen LogP contribution is 2.19. The molecule has 0 aliphatic heterocycles. The van der Waals surface area contributed by atoms with Gasteiger partial charge in [-0.25, -0.2) is 0 Å². The molecule has 0 fully saturated rings. The molecule has 1 aromatic carbocycles. The van der Waals surface area contributed by atoms with E-state index >= 15 is 0 Å². The summed E-state index contributed by atoms with van der Waals surface area (Å²) in [7, 11) is 0. The van der Waals surface area contributed by atoms with E-state index in [9.17, 15) is 10.1 Å². The number of nitro groups is 1. The molecule has 1 rings (SSSR count). The molecule has 0 aliphatic rings. The van der Waals surface area contributed by atoms with E-state index in [1.807, 2.05) is 13.0 Å². The van der Waals surface area contributed by atoms with Crippen LogP contribution in [0.2, 0.25) is 0 Å². The summed E-state index contributed by atoms with van der Waals surface area (Å²) in [6.45, 7) is 2.35. The molecule has 0 heterocycles. The van der Waals surface area contributed by atoms with Crippen LogP contribution in [0.25, 0.3) is 0 Å². The van der Waals surface area contributed by atoms with Crippen molar-refractivity contribution in [2.45, 2.75) is 19.8 Å². The molecule has 0 atom stereocenters. The number of benzene rings is 1. The van der Waals surface area contributed by atoms with Gasteiger partial charge in [0, 0.05) is 6.07 Å². The van der Waals surface area contributed by atoms with Gasteiger partial charge in [-0.1, -0.05) is 40.9 Å². The van der Waals surface area contributed by atoms with Gasteiger partial charge in [-0.2, -0.15) is 0 Å². The quantitative estimate of drug-likeness (QED) is 0.403. The van der Waals surface area contributed by atoms with Gasteiger partial charge in [0.05, 0.1) is 11.0 Å². The first kappa shape index (κ1) is 16.5. The van der Waals surface area contributed by atoms with Gasteiger partial charge in [-0.3, -0.25) is 10.1 Å². The van der Waals surface area contributed by atoms with Gasteiger partial charge in [0.25, 0.3) is 5.69 Å². The fraction of sp³-hybridized carbons (Fsp3) is 0.286.